The van der Waals surface area contributed by atoms with E-state index < -0.39 is 5.97 Å². The van der Waals surface area contributed by atoms with Crippen LogP contribution in [0.1, 0.15) is 5.56 Å². The maximum atomic E-state index is 11.2. The van der Waals surface area contributed by atoms with Crippen LogP contribution < -0.4 is 4.74 Å². The second kappa shape index (κ2) is 7.09. The molecule has 0 atom stereocenters. The molecule has 94 valence electrons. The number of aliphatic hydroxyl groups is 1. The fourth-order valence-electron chi connectivity index (χ4n) is 1.24. The number of benzene rings is 1. The number of hydrogen-bond donors (Lipinski definition) is 1. The number of ether oxygens (including phenoxy) is 2. The maximum Gasteiger partial charge on any atom is 0.348 e. The molecule has 0 radical (unpaired) electrons. The lowest BCUT2D eigenvalue weighted by Gasteiger charge is -2.04. The van der Waals surface area contributed by atoms with Gasteiger partial charge in [0, 0.05) is 0 Å². The lowest BCUT2D eigenvalue weighted by molar-refractivity contribution is -0.135. The van der Waals surface area contributed by atoms with Gasteiger partial charge in [0.05, 0.1) is 13.7 Å². The van der Waals surface area contributed by atoms with E-state index in [0.717, 1.165) is 0 Å². The topological polar surface area (TPSA) is 79.6 Å². The van der Waals surface area contributed by atoms with Gasteiger partial charge < -0.3 is 14.6 Å². The molecule has 0 heterocycles. The van der Waals surface area contributed by atoms with Crippen molar-refractivity contribution in [3.05, 3.63) is 35.4 Å². The minimum absolute atomic E-state index is 0.0530. The number of nitriles is 1. The number of rotatable bonds is 5. The molecule has 1 aromatic carbocycles. The van der Waals surface area contributed by atoms with Gasteiger partial charge in [-0.15, -0.1) is 0 Å². The Balaban J connectivity index is 2.82. The smallest absolute Gasteiger partial charge is 0.348 e. The molecule has 0 spiro atoms. The SMILES string of the molecule is COC(=O)/C(C#N)=C/c1ccc(OCCO)cc1. The summed E-state index contributed by atoms with van der Waals surface area (Å²) in [6.45, 7) is 0.170. The lowest BCUT2D eigenvalue weighted by atomic mass is 10.1. The molecule has 1 aromatic rings. The lowest BCUT2D eigenvalue weighted by Crippen LogP contribution is -2.02. The fourth-order valence-corrected chi connectivity index (χ4v) is 1.24. The van der Waals surface area contributed by atoms with Gasteiger partial charge in [-0.25, -0.2) is 4.79 Å². The van der Waals surface area contributed by atoms with Crippen molar-refractivity contribution in [3.8, 4) is 11.8 Å². The van der Waals surface area contributed by atoms with Crippen molar-refractivity contribution in [2.45, 2.75) is 0 Å². The summed E-state index contributed by atoms with van der Waals surface area (Å²) >= 11 is 0. The predicted molar refractivity (Wildman–Crippen MR) is 64.6 cm³/mol. The van der Waals surface area contributed by atoms with Gasteiger partial charge in [-0.1, -0.05) is 12.1 Å². The van der Waals surface area contributed by atoms with Crippen LogP contribution in [0.2, 0.25) is 0 Å². The van der Waals surface area contributed by atoms with Gasteiger partial charge in [0.25, 0.3) is 0 Å². The Hall–Kier alpha value is -2.32. The van der Waals surface area contributed by atoms with E-state index in [0.29, 0.717) is 11.3 Å². The molecule has 5 nitrogen and oxygen atoms in total. The summed E-state index contributed by atoms with van der Waals surface area (Å²) in [5, 5.41) is 17.4. The first-order chi connectivity index (χ1) is 8.71. The molecule has 0 saturated heterocycles. The predicted octanol–water partition coefficient (Wildman–Crippen LogP) is 1.14. The van der Waals surface area contributed by atoms with Crippen molar-refractivity contribution in [2.24, 2.45) is 0 Å². The third-order valence-electron chi connectivity index (χ3n) is 2.08. The fraction of sp³-hybridized carbons (Fsp3) is 0.231. The zero-order valence-corrected chi connectivity index (χ0v) is 9.92. The molecule has 1 N–H and O–H groups in total. The van der Waals surface area contributed by atoms with E-state index in [1.54, 1.807) is 30.3 Å². The summed E-state index contributed by atoms with van der Waals surface area (Å²) in [4.78, 5) is 11.2. The highest BCUT2D eigenvalue weighted by atomic mass is 16.5. The molecule has 5 heteroatoms. The minimum Gasteiger partial charge on any atom is -0.491 e. The van der Waals surface area contributed by atoms with Crippen LogP contribution >= 0.6 is 0 Å². The van der Waals surface area contributed by atoms with Crippen molar-refractivity contribution in [2.75, 3.05) is 20.3 Å². The van der Waals surface area contributed by atoms with Crippen molar-refractivity contribution in [1.29, 1.82) is 5.26 Å². The van der Waals surface area contributed by atoms with Gasteiger partial charge in [-0.3, -0.25) is 0 Å². The van der Waals surface area contributed by atoms with Crippen LogP contribution in [0.15, 0.2) is 29.8 Å². The van der Waals surface area contributed by atoms with Crippen molar-refractivity contribution in [3.63, 3.8) is 0 Å². The van der Waals surface area contributed by atoms with Crippen LogP contribution in [0.3, 0.4) is 0 Å². The van der Waals surface area contributed by atoms with Gasteiger partial charge in [0.2, 0.25) is 0 Å². The quantitative estimate of drug-likeness (QED) is 0.479. The second-order valence-electron chi connectivity index (χ2n) is 3.30. The Labute approximate surface area is 105 Å². The molecule has 0 aliphatic carbocycles. The Morgan fingerprint density at radius 2 is 2.11 bits per heavy atom. The minimum atomic E-state index is -0.668. The zero-order valence-electron chi connectivity index (χ0n) is 9.92. The molecule has 18 heavy (non-hydrogen) atoms. The van der Waals surface area contributed by atoms with Crippen molar-refractivity contribution in [1.82, 2.24) is 0 Å². The number of nitrogens with zero attached hydrogens (tertiary/aromatic N) is 1. The molecule has 0 saturated carbocycles. The van der Waals surface area contributed by atoms with Crippen LogP contribution in [0.5, 0.6) is 5.75 Å². The van der Waals surface area contributed by atoms with E-state index in [-0.39, 0.29) is 18.8 Å². The summed E-state index contributed by atoms with van der Waals surface area (Å²) in [5.74, 6) is -0.0594. The Bertz CT molecular complexity index is 471. The molecule has 0 aliphatic rings. The molecule has 0 bridgehead atoms. The molecule has 0 aliphatic heterocycles. The highest BCUT2D eigenvalue weighted by molar-refractivity contribution is 5.97. The molecule has 0 amide bonds. The van der Waals surface area contributed by atoms with Crippen LogP contribution in [-0.2, 0) is 9.53 Å². The number of esters is 1. The number of carbonyl (C=O) groups excluding carboxylic acids is 1. The van der Waals surface area contributed by atoms with E-state index >= 15 is 0 Å². The normalized spacial score (nSPS) is 10.6. The largest absolute Gasteiger partial charge is 0.491 e. The van der Waals surface area contributed by atoms with Gasteiger partial charge in [-0.05, 0) is 23.8 Å². The summed E-state index contributed by atoms with van der Waals surface area (Å²) in [7, 11) is 1.22. The van der Waals surface area contributed by atoms with Gasteiger partial charge in [0.15, 0.2) is 0 Å². The molecular weight excluding hydrogens is 234 g/mol. The van der Waals surface area contributed by atoms with Crippen molar-refractivity contribution < 1.29 is 19.4 Å². The first-order valence-corrected chi connectivity index (χ1v) is 5.25. The van der Waals surface area contributed by atoms with E-state index in [1.807, 2.05) is 0 Å². The second-order valence-corrected chi connectivity index (χ2v) is 3.30. The number of aliphatic hydroxyl groups excluding tert-OH is 1. The summed E-state index contributed by atoms with van der Waals surface area (Å²) in [5.41, 5.74) is 0.620. The summed E-state index contributed by atoms with van der Waals surface area (Å²) < 4.78 is 9.65. The van der Waals surface area contributed by atoms with Crippen molar-refractivity contribution >= 4 is 12.0 Å². The van der Waals surface area contributed by atoms with E-state index in [9.17, 15) is 4.79 Å². The van der Waals surface area contributed by atoms with E-state index in [4.69, 9.17) is 15.1 Å². The van der Waals surface area contributed by atoms with Gasteiger partial charge in [0.1, 0.15) is 24.0 Å². The molecule has 0 fully saturated rings. The Morgan fingerprint density at radius 3 is 2.61 bits per heavy atom. The molecule has 0 aromatic heterocycles. The maximum absolute atomic E-state index is 11.2. The third-order valence-corrected chi connectivity index (χ3v) is 2.08. The summed E-state index contributed by atoms with van der Waals surface area (Å²) in [6.07, 6.45) is 1.43. The van der Waals surface area contributed by atoms with E-state index in [2.05, 4.69) is 4.74 Å². The average Bonchev–Trinajstić information content (AvgIpc) is 2.43. The van der Waals surface area contributed by atoms with Crippen LogP contribution in [0.25, 0.3) is 6.08 Å². The van der Waals surface area contributed by atoms with Gasteiger partial charge in [-0.2, -0.15) is 5.26 Å². The number of hydrogen-bond acceptors (Lipinski definition) is 5. The highest BCUT2D eigenvalue weighted by Crippen LogP contribution is 2.14. The van der Waals surface area contributed by atoms with Gasteiger partial charge >= 0.3 is 5.97 Å². The van der Waals surface area contributed by atoms with Crippen LogP contribution in [0, 0.1) is 11.3 Å². The summed E-state index contributed by atoms with van der Waals surface area (Å²) in [6, 6.07) is 8.55. The Morgan fingerprint density at radius 1 is 1.44 bits per heavy atom. The molecule has 0 unspecified atom stereocenters. The first kappa shape index (κ1) is 13.7. The first-order valence-electron chi connectivity index (χ1n) is 5.25. The third kappa shape index (κ3) is 3.92. The number of carbonyl (C=O) groups is 1. The zero-order chi connectivity index (χ0) is 13.4. The number of methoxy groups -OCH3 is 1. The van der Waals surface area contributed by atoms with E-state index in [1.165, 1.54) is 13.2 Å². The molecular formula is C13H13NO4. The Kier molecular flexibility index (Phi) is 5.42. The standard InChI is InChI=1S/C13H13NO4/c1-17-13(16)11(9-14)8-10-2-4-12(5-3-10)18-7-6-15/h2-5,8,15H,6-7H2,1H3/b11-8+. The monoisotopic (exact) mass is 247 g/mol. The average molecular weight is 247 g/mol. The molecule has 1 rings (SSSR count). The highest BCUT2D eigenvalue weighted by Gasteiger charge is 2.08. The van der Waals surface area contributed by atoms with Crippen LogP contribution in [-0.4, -0.2) is 31.4 Å². The van der Waals surface area contributed by atoms with Crippen LogP contribution in [0.4, 0.5) is 0 Å².